The smallest absolute Gasteiger partial charge is 0.293 e. The number of aromatic amines is 1. The second kappa shape index (κ2) is 9.18. The molecule has 11 heteroatoms. The first-order valence-electron chi connectivity index (χ1n) is 9.74. The maximum Gasteiger partial charge on any atom is 0.293 e. The number of anilines is 1. The van der Waals surface area contributed by atoms with Crippen molar-refractivity contribution in [1.82, 2.24) is 24.5 Å². The van der Waals surface area contributed by atoms with E-state index in [2.05, 4.69) is 24.7 Å². The number of H-pyrrole nitrogens is 1. The van der Waals surface area contributed by atoms with Gasteiger partial charge in [-0.05, 0) is 25.1 Å². The van der Waals surface area contributed by atoms with Crippen LogP contribution in [0.1, 0.15) is 6.92 Å². The third-order valence-corrected chi connectivity index (χ3v) is 4.98. The normalized spacial score (nSPS) is 10.9. The highest BCUT2D eigenvalue weighted by molar-refractivity contribution is 7.99. The predicted octanol–water partition coefficient (Wildman–Crippen LogP) is 3.28. The number of benzene rings is 1. The molecule has 0 bridgehead atoms. The molecule has 0 unspecified atom stereocenters. The number of nitrogens with one attached hydrogen (secondary N) is 2. The molecule has 3 heterocycles. The van der Waals surface area contributed by atoms with Gasteiger partial charge in [-0.3, -0.25) is 9.36 Å². The van der Waals surface area contributed by atoms with E-state index in [0.29, 0.717) is 52.5 Å². The molecule has 0 amide bonds. The number of hydrogen-bond donors (Lipinski definition) is 2. The molecule has 0 aliphatic rings. The van der Waals surface area contributed by atoms with E-state index < -0.39 is 0 Å². The molecule has 3 aromatic heterocycles. The standard InChI is InChI=1S/C21H22N6O4S/c1-5-31-15-11-6-8-12(22-15)19-23-17-20(24-18(26-32-4)21(28)25-17)27(19)16-13(29-2)9-7-10-14(16)30-3/h6-11H,5H2,1-4H3,(H,24,26)(H,25,28). The van der Waals surface area contributed by atoms with Gasteiger partial charge in [0, 0.05) is 12.3 Å². The summed E-state index contributed by atoms with van der Waals surface area (Å²) in [6.07, 6.45) is 1.81. The number of aromatic nitrogens is 5. The summed E-state index contributed by atoms with van der Waals surface area (Å²) in [6, 6.07) is 10.8. The minimum atomic E-state index is -0.383. The molecule has 4 aromatic rings. The van der Waals surface area contributed by atoms with Crippen LogP contribution in [0.5, 0.6) is 17.4 Å². The summed E-state index contributed by atoms with van der Waals surface area (Å²) in [4.78, 5) is 29.1. The van der Waals surface area contributed by atoms with Gasteiger partial charge in [-0.25, -0.2) is 15.0 Å². The molecule has 10 nitrogen and oxygen atoms in total. The fourth-order valence-corrected chi connectivity index (χ4v) is 3.62. The first kappa shape index (κ1) is 21.5. The summed E-state index contributed by atoms with van der Waals surface area (Å²) < 4.78 is 21.5. The summed E-state index contributed by atoms with van der Waals surface area (Å²) in [5, 5.41) is 0. The lowest BCUT2D eigenvalue weighted by atomic mass is 10.2. The molecule has 0 fully saturated rings. The van der Waals surface area contributed by atoms with Crippen molar-refractivity contribution in [2.45, 2.75) is 6.92 Å². The Balaban J connectivity index is 2.10. The number of hydrogen-bond acceptors (Lipinski definition) is 9. The van der Waals surface area contributed by atoms with Gasteiger partial charge in [-0.1, -0.05) is 24.1 Å². The van der Waals surface area contributed by atoms with Gasteiger partial charge in [0.15, 0.2) is 17.1 Å². The zero-order valence-corrected chi connectivity index (χ0v) is 18.8. The van der Waals surface area contributed by atoms with Crippen LogP contribution in [0.15, 0.2) is 41.2 Å². The Kier molecular flexibility index (Phi) is 6.17. The Morgan fingerprint density at radius 2 is 1.78 bits per heavy atom. The van der Waals surface area contributed by atoms with E-state index in [4.69, 9.17) is 14.2 Å². The van der Waals surface area contributed by atoms with Crippen LogP contribution in [0.4, 0.5) is 5.82 Å². The molecule has 4 rings (SSSR count). The van der Waals surface area contributed by atoms with Crippen LogP contribution in [0.25, 0.3) is 28.5 Å². The molecule has 0 radical (unpaired) electrons. The van der Waals surface area contributed by atoms with Crippen molar-refractivity contribution in [2.24, 2.45) is 0 Å². The van der Waals surface area contributed by atoms with Crippen molar-refractivity contribution in [3.05, 3.63) is 46.8 Å². The second-order valence-corrected chi connectivity index (χ2v) is 7.08. The Labute approximate surface area is 188 Å². The largest absolute Gasteiger partial charge is 0.494 e. The zero-order chi connectivity index (χ0) is 22.7. The first-order chi connectivity index (χ1) is 15.6. The fourth-order valence-electron chi connectivity index (χ4n) is 3.29. The van der Waals surface area contributed by atoms with E-state index in [9.17, 15) is 4.79 Å². The molecule has 166 valence electrons. The third kappa shape index (κ3) is 3.82. The quantitative estimate of drug-likeness (QED) is 0.387. The molecule has 0 atom stereocenters. The maximum atomic E-state index is 12.5. The van der Waals surface area contributed by atoms with Gasteiger partial charge in [0.1, 0.15) is 22.9 Å². The number of nitrogens with zero attached hydrogens (tertiary/aromatic N) is 4. The number of rotatable bonds is 8. The number of imidazole rings is 1. The van der Waals surface area contributed by atoms with E-state index in [1.165, 1.54) is 11.9 Å². The number of fused-ring (bicyclic) bond motifs is 1. The van der Waals surface area contributed by atoms with Crippen molar-refractivity contribution in [3.8, 4) is 34.6 Å². The molecular formula is C21H22N6O4S. The molecule has 0 saturated carbocycles. The Morgan fingerprint density at radius 1 is 1.06 bits per heavy atom. The molecule has 0 aliphatic heterocycles. The molecule has 0 spiro atoms. The zero-order valence-electron chi connectivity index (χ0n) is 18.0. The Morgan fingerprint density at radius 3 is 2.44 bits per heavy atom. The fraction of sp³-hybridized carbons (Fsp3) is 0.238. The van der Waals surface area contributed by atoms with Crippen LogP contribution >= 0.6 is 11.9 Å². The second-order valence-electron chi connectivity index (χ2n) is 6.47. The lowest BCUT2D eigenvalue weighted by Crippen LogP contribution is -2.13. The van der Waals surface area contributed by atoms with Gasteiger partial charge >= 0.3 is 0 Å². The number of ether oxygens (including phenoxy) is 3. The molecular weight excluding hydrogens is 432 g/mol. The topological polar surface area (TPSA) is 116 Å². The van der Waals surface area contributed by atoms with Gasteiger partial charge in [0.05, 0.1) is 20.8 Å². The van der Waals surface area contributed by atoms with Crippen molar-refractivity contribution >= 4 is 29.1 Å². The van der Waals surface area contributed by atoms with Crippen LogP contribution in [-0.4, -0.2) is 51.6 Å². The van der Waals surface area contributed by atoms with Crippen LogP contribution in [0.2, 0.25) is 0 Å². The highest BCUT2D eigenvalue weighted by Crippen LogP contribution is 2.37. The van der Waals surface area contributed by atoms with Gasteiger partial charge in [0.25, 0.3) is 5.56 Å². The lowest BCUT2D eigenvalue weighted by molar-refractivity contribution is 0.327. The maximum absolute atomic E-state index is 12.5. The highest BCUT2D eigenvalue weighted by Gasteiger charge is 2.24. The van der Waals surface area contributed by atoms with E-state index in [1.54, 1.807) is 37.2 Å². The SMILES string of the molecule is CCOc1cccc(-c2nc3[nH]c(=O)c(NSC)nc3n2-c2c(OC)cccc2OC)n1. The third-order valence-electron chi connectivity index (χ3n) is 4.59. The first-order valence-corrected chi connectivity index (χ1v) is 11.0. The van der Waals surface area contributed by atoms with Crippen LogP contribution < -0.4 is 24.5 Å². The minimum absolute atomic E-state index is 0.155. The number of para-hydroxylation sites is 1. The van der Waals surface area contributed by atoms with Crippen LogP contribution in [0, 0.1) is 0 Å². The number of pyridine rings is 1. The molecule has 32 heavy (non-hydrogen) atoms. The summed E-state index contributed by atoms with van der Waals surface area (Å²) in [6.45, 7) is 2.37. The van der Waals surface area contributed by atoms with Gasteiger partial charge < -0.3 is 23.9 Å². The predicted molar refractivity (Wildman–Crippen MR) is 124 cm³/mol. The van der Waals surface area contributed by atoms with Gasteiger partial charge in [-0.2, -0.15) is 0 Å². The van der Waals surface area contributed by atoms with Gasteiger partial charge in [-0.15, -0.1) is 0 Å². The van der Waals surface area contributed by atoms with Gasteiger partial charge in [0.2, 0.25) is 11.7 Å². The average molecular weight is 455 g/mol. The average Bonchev–Trinajstić information content (AvgIpc) is 3.17. The van der Waals surface area contributed by atoms with Crippen molar-refractivity contribution in [1.29, 1.82) is 0 Å². The van der Waals surface area contributed by atoms with E-state index >= 15 is 0 Å². The van der Waals surface area contributed by atoms with Crippen molar-refractivity contribution in [2.75, 3.05) is 31.8 Å². The number of methoxy groups -OCH3 is 2. The summed E-state index contributed by atoms with van der Waals surface area (Å²) in [7, 11) is 3.14. The van der Waals surface area contributed by atoms with E-state index in [0.717, 1.165) is 0 Å². The van der Waals surface area contributed by atoms with Crippen molar-refractivity contribution in [3.63, 3.8) is 0 Å². The van der Waals surface area contributed by atoms with E-state index in [1.807, 2.05) is 31.2 Å². The minimum Gasteiger partial charge on any atom is -0.494 e. The Hall–Kier alpha value is -3.73. The Bertz CT molecular complexity index is 1300. The van der Waals surface area contributed by atoms with E-state index in [-0.39, 0.29) is 11.4 Å². The summed E-state index contributed by atoms with van der Waals surface area (Å²) >= 11 is 1.26. The summed E-state index contributed by atoms with van der Waals surface area (Å²) in [5.74, 6) is 2.13. The van der Waals surface area contributed by atoms with Crippen LogP contribution in [0.3, 0.4) is 0 Å². The van der Waals surface area contributed by atoms with Crippen LogP contribution in [-0.2, 0) is 0 Å². The highest BCUT2D eigenvalue weighted by atomic mass is 32.2. The summed E-state index contributed by atoms with van der Waals surface area (Å²) in [5.41, 5.74) is 1.43. The molecule has 2 N–H and O–H groups in total. The molecule has 0 aliphatic carbocycles. The lowest BCUT2D eigenvalue weighted by Gasteiger charge is -2.16. The molecule has 1 aromatic carbocycles. The molecule has 0 saturated heterocycles. The monoisotopic (exact) mass is 454 g/mol. The van der Waals surface area contributed by atoms with Crippen molar-refractivity contribution < 1.29 is 14.2 Å².